The number of fused-ring (bicyclic) bond motifs is 1. The fourth-order valence-electron chi connectivity index (χ4n) is 1.64. The van der Waals surface area contributed by atoms with Crippen molar-refractivity contribution >= 4 is 10.9 Å². The second-order valence-electron chi connectivity index (χ2n) is 3.69. The van der Waals surface area contributed by atoms with Crippen molar-refractivity contribution < 1.29 is 5.11 Å². The summed E-state index contributed by atoms with van der Waals surface area (Å²) in [7, 11) is 0. The molecule has 0 aliphatic heterocycles. The largest absolute Gasteiger partial charge is 0.387 e. The Labute approximate surface area is 95.0 Å². The van der Waals surface area contributed by atoms with Crippen LogP contribution in [0.15, 0.2) is 36.4 Å². The summed E-state index contributed by atoms with van der Waals surface area (Å²) in [5.74, 6) is 2.52. The summed E-state index contributed by atoms with van der Waals surface area (Å²) in [6.45, 7) is 0. The molecule has 0 saturated heterocycles. The van der Waals surface area contributed by atoms with E-state index in [1.54, 1.807) is 0 Å². The van der Waals surface area contributed by atoms with E-state index in [1.165, 1.54) is 0 Å². The van der Waals surface area contributed by atoms with E-state index < -0.39 is 6.10 Å². The number of nitrogens with zero attached hydrogens (tertiary/aromatic N) is 1. The molecule has 0 bridgehead atoms. The van der Waals surface area contributed by atoms with E-state index in [-0.39, 0.29) is 0 Å². The number of hydrogen-bond donors (Lipinski definition) is 1. The van der Waals surface area contributed by atoms with Crippen LogP contribution in [0.2, 0.25) is 0 Å². The minimum atomic E-state index is -0.569. The maximum Gasteiger partial charge on any atom is 0.0969 e. The maximum absolute atomic E-state index is 9.85. The zero-order valence-electron chi connectivity index (χ0n) is 8.93. The Morgan fingerprint density at radius 3 is 2.88 bits per heavy atom. The average Bonchev–Trinajstić information content (AvgIpc) is 2.35. The summed E-state index contributed by atoms with van der Waals surface area (Å²) in [4.78, 5) is 4.41. The number of rotatable bonds is 3. The summed E-state index contributed by atoms with van der Waals surface area (Å²) in [5.41, 5.74) is 1.59. The highest BCUT2D eigenvalue weighted by Crippen LogP contribution is 2.19. The predicted octanol–water partition coefficient (Wildman–Crippen LogP) is 2.68. The number of aliphatic hydroxyl groups excluding tert-OH is 1. The van der Waals surface area contributed by atoms with E-state index >= 15 is 0 Å². The normalized spacial score (nSPS) is 12.2. The summed E-state index contributed by atoms with van der Waals surface area (Å²) < 4.78 is 0. The lowest BCUT2D eigenvalue weighted by Crippen LogP contribution is -2.00. The van der Waals surface area contributed by atoms with Gasteiger partial charge in [-0.05, 0) is 18.6 Å². The van der Waals surface area contributed by atoms with Gasteiger partial charge >= 0.3 is 0 Å². The first-order valence-corrected chi connectivity index (χ1v) is 5.28. The number of aromatic nitrogens is 1. The molecule has 1 unspecified atom stereocenters. The molecule has 0 amide bonds. The molecule has 1 aromatic carbocycles. The maximum atomic E-state index is 9.85. The molecule has 1 heterocycles. The van der Waals surface area contributed by atoms with Gasteiger partial charge in [-0.25, -0.2) is 0 Å². The van der Waals surface area contributed by atoms with Crippen LogP contribution in [0.5, 0.6) is 0 Å². The van der Waals surface area contributed by atoms with Crippen molar-refractivity contribution in [1.29, 1.82) is 0 Å². The minimum Gasteiger partial charge on any atom is -0.387 e. The SMILES string of the molecule is C#CCCC(O)c1ccc2ccccc2n1. The monoisotopic (exact) mass is 211 g/mol. The molecule has 0 spiro atoms. The Morgan fingerprint density at radius 2 is 2.06 bits per heavy atom. The van der Waals surface area contributed by atoms with Crippen molar-refractivity contribution in [3.8, 4) is 12.3 Å². The molecule has 1 aromatic heterocycles. The molecule has 16 heavy (non-hydrogen) atoms. The van der Waals surface area contributed by atoms with Crippen LogP contribution in [0, 0.1) is 12.3 Å². The summed E-state index contributed by atoms with van der Waals surface area (Å²) in [6, 6.07) is 11.7. The zero-order valence-corrected chi connectivity index (χ0v) is 8.93. The van der Waals surface area contributed by atoms with Crippen molar-refractivity contribution in [3.05, 3.63) is 42.1 Å². The lowest BCUT2D eigenvalue weighted by Gasteiger charge is -2.08. The summed E-state index contributed by atoms with van der Waals surface area (Å²) >= 11 is 0. The lowest BCUT2D eigenvalue weighted by atomic mass is 10.1. The highest BCUT2D eigenvalue weighted by molar-refractivity contribution is 5.78. The Bertz CT molecular complexity index is 527. The van der Waals surface area contributed by atoms with Gasteiger partial charge in [0.15, 0.2) is 0 Å². The van der Waals surface area contributed by atoms with Crippen LogP contribution in [0.4, 0.5) is 0 Å². The van der Waals surface area contributed by atoms with Crippen molar-refractivity contribution in [1.82, 2.24) is 4.98 Å². The number of benzene rings is 1. The van der Waals surface area contributed by atoms with Crippen LogP contribution < -0.4 is 0 Å². The van der Waals surface area contributed by atoms with E-state index in [1.807, 2.05) is 36.4 Å². The quantitative estimate of drug-likeness (QED) is 0.792. The van der Waals surface area contributed by atoms with E-state index in [9.17, 15) is 5.11 Å². The third kappa shape index (κ3) is 2.21. The molecule has 0 fully saturated rings. The number of hydrogen-bond acceptors (Lipinski definition) is 2. The van der Waals surface area contributed by atoms with Crippen LogP contribution in [-0.2, 0) is 0 Å². The number of aliphatic hydroxyl groups is 1. The highest BCUT2D eigenvalue weighted by atomic mass is 16.3. The molecular weight excluding hydrogens is 198 g/mol. The Balaban J connectivity index is 2.29. The first-order valence-electron chi connectivity index (χ1n) is 5.28. The second-order valence-corrected chi connectivity index (χ2v) is 3.69. The third-order valence-electron chi connectivity index (χ3n) is 2.52. The molecule has 2 rings (SSSR count). The molecule has 2 aromatic rings. The van der Waals surface area contributed by atoms with Crippen molar-refractivity contribution in [2.75, 3.05) is 0 Å². The van der Waals surface area contributed by atoms with Gasteiger partial charge in [0, 0.05) is 11.8 Å². The minimum absolute atomic E-state index is 0.557. The Morgan fingerprint density at radius 1 is 1.25 bits per heavy atom. The van der Waals surface area contributed by atoms with Crippen LogP contribution in [0.3, 0.4) is 0 Å². The first kappa shape index (κ1) is 10.7. The molecule has 0 saturated carbocycles. The number of para-hydroxylation sites is 1. The van der Waals surface area contributed by atoms with Gasteiger partial charge in [-0.2, -0.15) is 0 Å². The van der Waals surface area contributed by atoms with Crippen LogP contribution in [-0.4, -0.2) is 10.1 Å². The average molecular weight is 211 g/mol. The Kier molecular flexibility index (Phi) is 3.19. The van der Waals surface area contributed by atoms with Gasteiger partial charge < -0.3 is 5.11 Å². The highest BCUT2D eigenvalue weighted by Gasteiger charge is 2.08. The molecular formula is C14H13NO. The molecule has 2 nitrogen and oxygen atoms in total. The van der Waals surface area contributed by atoms with E-state index in [0.717, 1.165) is 10.9 Å². The summed E-state index contributed by atoms with van der Waals surface area (Å²) in [6.07, 6.45) is 5.72. The van der Waals surface area contributed by atoms with Crippen molar-refractivity contribution in [2.45, 2.75) is 18.9 Å². The van der Waals surface area contributed by atoms with E-state index in [0.29, 0.717) is 18.5 Å². The van der Waals surface area contributed by atoms with Gasteiger partial charge in [-0.3, -0.25) is 4.98 Å². The zero-order chi connectivity index (χ0) is 11.4. The molecule has 2 heteroatoms. The summed E-state index contributed by atoms with van der Waals surface area (Å²) in [5, 5.41) is 10.9. The van der Waals surface area contributed by atoms with Crippen molar-refractivity contribution in [3.63, 3.8) is 0 Å². The fourth-order valence-corrected chi connectivity index (χ4v) is 1.64. The molecule has 1 atom stereocenters. The smallest absolute Gasteiger partial charge is 0.0969 e. The third-order valence-corrected chi connectivity index (χ3v) is 2.52. The van der Waals surface area contributed by atoms with Gasteiger partial charge in [-0.1, -0.05) is 24.3 Å². The topological polar surface area (TPSA) is 33.1 Å². The standard InChI is InChI=1S/C14H13NO/c1-2-3-8-14(16)13-10-9-11-6-4-5-7-12(11)15-13/h1,4-7,9-10,14,16H,3,8H2. The van der Waals surface area contributed by atoms with Gasteiger partial charge in [0.2, 0.25) is 0 Å². The molecule has 0 aliphatic rings. The second kappa shape index (κ2) is 4.78. The molecule has 1 N–H and O–H groups in total. The van der Waals surface area contributed by atoms with Crippen LogP contribution >= 0.6 is 0 Å². The molecule has 0 aliphatic carbocycles. The predicted molar refractivity (Wildman–Crippen MR) is 64.8 cm³/mol. The Hall–Kier alpha value is -1.85. The van der Waals surface area contributed by atoms with Gasteiger partial charge in [0.05, 0.1) is 17.3 Å². The van der Waals surface area contributed by atoms with Crippen LogP contribution in [0.25, 0.3) is 10.9 Å². The van der Waals surface area contributed by atoms with Gasteiger partial charge in [0.1, 0.15) is 0 Å². The van der Waals surface area contributed by atoms with Crippen LogP contribution in [0.1, 0.15) is 24.6 Å². The van der Waals surface area contributed by atoms with E-state index in [4.69, 9.17) is 6.42 Å². The lowest BCUT2D eigenvalue weighted by molar-refractivity contribution is 0.165. The molecule has 0 radical (unpaired) electrons. The number of pyridine rings is 1. The fraction of sp³-hybridized carbons (Fsp3) is 0.214. The van der Waals surface area contributed by atoms with E-state index in [2.05, 4.69) is 10.9 Å². The van der Waals surface area contributed by atoms with Crippen molar-refractivity contribution in [2.24, 2.45) is 0 Å². The number of terminal acetylenes is 1. The first-order chi connectivity index (χ1) is 7.81. The van der Waals surface area contributed by atoms with Gasteiger partial charge in [-0.15, -0.1) is 12.3 Å². The van der Waals surface area contributed by atoms with Gasteiger partial charge in [0.25, 0.3) is 0 Å². The molecule has 80 valence electrons.